The molecule has 0 spiro atoms. The molecular formula is C42H66O6. The van der Waals surface area contributed by atoms with Gasteiger partial charge in [0.2, 0.25) is 0 Å². The maximum Gasteiger partial charge on any atom is 0.341 e. The van der Waals surface area contributed by atoms with Gasteiger partial charge in [-0.25, -0.2) is 9.59 Å². The van der Waals surface area contributed by atoms with Crippen LogP contribution in [0.5, 0.6) is 11.5 Å². The van der Waals surface area contributed by atoms with E-state index >= 15 is 0 Å². The third-order valence-corrected chi connectivity index (χ3v) is 9.28. The third kappa shape index (κ3) is 17.4. The Labute approximate surface area is 292 Å². The molecular weight excluding hydrogens is 600 g/mol. The predicted octanol–water partition coefficient (Wildman–Crippen LogP) is 11.8. The molecule has 270 valence electrons. The molecule has 2 aromatic carbocycles. The van der Waals surface area contributed by atoms with Crippen molar-refractivity contribution in [2.24, 2.45) is 0 Å². The van der Waals surface area contributed by atoms with E-state index in [1.54, 1.807) is 24.3 Å². The number of hydrogen-bond acceptors (Lipinski definition) is 6. The molecule has 0 atom stereocenters. The quantitative estimate of drug-likeness (QED) is 0.0663. The highest BCUT2D eigenvalue weighted by atomic mass is 16.5. The van der Waals surface area contributed by atoms with E-state index in [0.29, 0.717) is 12.8 Å². The maximum absolute atomic E-state index is 12.6. The molecule has 0 saturated carbocycles. The predicted molar refractivity (Wildman–Crippen MR) is 197 cm³/mol. The molecule has 6 heteroatoms. The number of hydrogen-bond donors (Lipinski definition) is 2. The molecule has 48 heavy (non-hydrogen) atoms. The van der Waals surface area contributed by atoms with Crippen LogP contribution in [0.15, 0.2) is 36.4 Å². The summed E-state index contributed by atoms with van der Waals surface area (Å²) in [6.07, 6.45) is 27.6. The summed E-state index contributed by atoms with van der Waals surface area (Å²) in [7, 11) is 0. The largest absolute Gasteiger partial charge is 0.507 e. The van der Waals surface area contributed by atoms with Crippen LogP contribution in [0.25, 0.3) is 0 Å². The number of carbonyl (C=O) groups excluding carboxylic acids is 2. The van der Waals surface area contributed by atoms with Crippen LogP contribution in [0.3, 0.4) is 0 Å². The van der Waals surface area contributed by atoms with E-state index < -0.39 is 11.9 Å². The van der Waals surface area contributed by atoms with E-state index in [9.17, 15) is 19.8 Å². The summed E-state index contributed by atoms with van der Waals surface area (Å²) < 4.78 is 10.8. The van der Waals surface area contributed by atoms with E-state index in [1.807, 2.05) is 12.1 Å². The number of aryl methyl sites for hydroxylation is 2. The second-order valence-corrected chi connectivity index (χ2v) is 13.5. The highest BCUT2D eigenvalue weighted by Gasteiger charge is 2.17. The zero-order chi connectivity index (χ0) is 34.7. The Hall–Kier alpha value is -3.02. The monoisotopic (exact) mass is 666 g/mol. The zero-order valence-corrected chi connectivity index (χ0v) is 30.4. The van der Waals surface area contributed by atoms with E-state index in [-0.39, 0.29) is 35.8 Å². The Bertz CT molecular complexity index is 1050. The number of rotatable bonds is 29. The van der Waals surface area contributed by atoms with Crippen molar-refractivity contribution in [1.29, 1.82) is 0 Å². The highest BCUT2D eigenvalue weighted by molar-refractivity contribution is 5.93. The van der Waals surface area contributed by atoms with Crippen LogP contribution < -0.4 is 0 Å². The maximum atomic E-state index is 12.6. The van der Waals surface area contributed by atoms with Gasteiger partial charge in [-0.05, 0) is 61.8 Å². The van der Waals surface area contributed by atoms with Crippen LogP contribution >= 0.6 is 0 Å². The lowest BCUT2D eigenvalue weighted by atomic mass is 10.0. The fraction of sp³-hybridized carbons (Fsp3) is 0.667. The molecule has 0 radical (unpaired) electrons. The molecule has 0 unspecified atom stereocenters. The minimum Gasteiger partial charge on any atom is -0.507 e. The molecule has 6 nitrogen and oxygen atoms in total. The zero-order valence-electron chi connectivity index (χ0n) is 30.4. The summed E-state index contributed by atoms with van der Waals surface area (Å²) in [5, 5.41) is 21.4. The van der Waals surface area contributed by atoms with Gasteiger partial charge in [0.25, 0.3) is 0 Å². The number of para-hydroxylation sites is 2. The van der Waals surface area contributed by atoms with Crippen molar-refractivity contribution in [1.82, 2.24) is 0 Å². The lowest BCUT2D eigenvalue weighted by molar-refractivity contribution is 0.0428. The number of aromatic hydroxyl groups is 2. The topological polar surface area (TPSA) is 93.1 Å². The summed E-state index contributed by atoms with van der Waals surface area (Å²) in [6.45, 7) is 4.82. The van der Waals surface area contributed by atoms with Crippen LogP contribution in [0.2, 0.25) is 0 Å². The molecule has 0 fully saturated rings. The number of unbranched alkanes of at least 4 members (excludes halogenated alkanes) is 19. The Morgan fingerprint density at radius 1 is 0.458 bits per heavy atom. The second kappa shape index (κ2) is 26.9. The van der Waals surface area contributed by atoms with Crippen LogP contribution in [0.1, 0.15) is 187 Å². The van der Waals surface area contributed by atoms with Crippen LogP contribution in [0.4, 0.5) is 0 Å². The summed E-state index contributed by atoms with van der Waals surface area (Å²) in [5.74, 6) is -1.05. The van der Waals surface area contributed by atoms with Gasteiger partial charge >= 0.3 is 11.9 Å². The van der Waals surface area contributed by atoms with Gasteiger partial charge in [-0.1, -0.05) is 154 Å². The number of benzene rings is 2. The summed E-state index contributed by atoms with van der Waals surface area (Å²) in [6, 6.07) is 10.5. The van der Waals surface area contributed by atoms with Gasteiger partial charge in [0.1, 0.15) is 22.6 Å². The van der Waals surface area contributed by atoms with Crippen molar-refractivity contribution in [2.75, 3.05) is 13.2 Å². The van der Waals surface area contributed by atoms with E-state index in [1.165, 1.54) is 103 Å². The number of phenols is 2. The number of phenolic OH excluding ortho intramolecular Hbond substituents is 2. The van der Waals surface area contributed by atoms with E-state index in [4.69, 9.17) is 9.47 Å². The number of esters is 2. The van der Waals surface area contributed by atoms with E-state index in [2.05, 4.69) is 13.8 Å². The Morgan fingerprint density at radius 2 is 0.771 bits per heavy atom. The highest BCUT2D eigenvalue weighted by Crippen LogP contribution is 2.27. The third-order valence-electron chi connectivity index (χ3n) is 9.28. The minimum atomic E-state index is -0.543. The Kier molecular flexibility index (Phi) is 23.0. The lowest BCUT2D eigenvalue weighted by Gasteiger charge is -2.11. The van der Waals surface area contributed by atoms with Gasteiger partial charge in [0.15, 0.2) is 0 Å². The molecule has 0 heterocycles. The van der Waals surface area contributed by atoms with Crippen molar-refractivity contribution in [3.8, 4) is 11.5 Å². The molecule has 0 bridgehead atoms. The summed E-state index contributed by atoms with van der Waals surface area (Å²) in [5.41, 5.74) is 1.96. The van der Waals surface area contributed by atoms with Gasteiger partial charge in [-0.15, -0.1) is 0 Å². The molecule has 2 aromatic rings. The molecule has 2 rings (SSSR count). The molecule has 0 aliphatic carbocycles. The number of carbonyl (C=O) groups is 2. The second-order valence-electron chi connectivity index (χ2n) is 13.5. The van der Waals surface area contributed by atoms with Gasteiger partial charge < -0.3 is 19.7 Å². The first-order valence-electron chi connectivity index (χ1n) is 19.5. The first kappa shape index (κ1) is 41.2. The van der Waals surface area contributed by atoms with E-state index in [0.717, 1.165) is 49.7 Å². The smallest absolute Gasteiger partial charge is 0.341 e. The molecule has 2 N–H and O–H groups in total. The lowest BCUT2D eigenvalue weighted by Crippen LogP contribution is -2.10. The first-order valence-corrected chi connectivity index (χ1v) is 19.5. The first-order chi connectivity index (χ1) is 23.5. The molecule has 0 aliphatic heterocycles. The molecule has 0 aliphatic rings. The van der Waals surface area contributed by atoms with Gasteiger partial charge in [0.05, 0.1) is 13.2 Å². The van der Waals surface area contributed by atoms with Crippen molar-refractivity contribution < 1.29 is 29.3 Å². The minimum absolute atomic E-state index is 0.0163. The Morgan fingerprint density at radius 3 is 1.10 bits per heavy atom. The van der Waals surface area contributed by atoms with Crippen LogP contribution in [0, 0.1) is 0 Å². The fourth-order valence-corrected chi connectivity index (χ4v) is 6.21. The van der Waals surface area contributed by atoms with Crippen molar-refractivity contribution in [3.63, 3.8) is 0 Å². The molecule has 0 aromatic heterocycles. The summed E-state index contributed by atoms with van der Waals surface area (Å²) in [4.78, 5) is 25.3. The molecule has 0 saturated heterocycles. The van der Waals surface area contributed by atoms with Crippen LogP contribution in [-0.2, 0) is 22.3 Å². The average Bonchev–Trinajstić information content (AvgIpc) is 3.09. The normalized spacial score (nSPS) is 11.1. The SMILES string of the molecule is CCCCCCCCCCCCc1cccc(C(=O)OCCCCOC(=O)c2cccc(CCCCCCCCCCCC)c2O)c1O. The molecule has 0 amide bonds. The van der Waals surface area contributed by atoms with Gasteiger partial charge in [-0.3, -0.25) is 0 Å². The average molecular weight is 667 g/mol. The standard InChI is InChI=1S/C42H66O6/c1-3-5-7-9-11-13-15-17-19-21-27-35-29-25-31-37(39(35)43)41(45)47-33-23-24-34-48-42(46)38-32-26-30-36(40(38)44)28-22-20-18-16-14-12-10-8-6-4-2/h25-26,29-32,43-44H,3-24,27-28,33-34H2,1-2H3. The van der Waals surface area contributed by atoms with Crippen molar-refractivity contribution in [2.45, 2.75) is 168 Å². The van der Waals surface area contributed by atoms with Crippen molar-refractivity contribution in [3.05, 3.63) is 58.7 Å². The van der Waals surface area contributed by atoms with Crippen LogP contribution in [-0.4, -0.2) is 35.4 Å². The fourth-order valence-electron chi connectivity index (χ4n) is 6.21. The Balaban J connectivity index is 1.60. The number of ether oxygens (including phenoxy) is 2. The van der Waals surface area contributed by atoms with Gasteiger partial charge in [-0.2, -0.15) is 0 Å². The van der Waals surface area contributed by atoms with Gasteiger partial charge in [0, 0.05) is 0 Å². The van der Waals surface area contributed by atoms with Crippen molar-refractivity contribution >= 4 is 11.9 Å². The summed E-state index contributed by atoms with van der Waals surface area (Å²) >= 11 is 0.